The number of aryl methyl sites for hydroxylation is 1. The van der Waals surface area contributed by atoms with Crippen LogP contribution >= 0.6 is 0 Å². The Balaban J connectivity index is 2.47. The molecule has 1 atom stereocenters. The summed E-state index contributed by atoms with van der Waals surface area (Å²) in [5.74, 6) is 0.986. The zero-order valence-electron chi connectivity index (χ0n) is 12.0. The highest BCUT2D eigenvalue weighted by atomic mass is 16.5. The molecule has 1 N–H and O–H groups in total. The molecule has 0 aliphatic rings. The predicted molar refractivity (Wildman–Crippen MR) is 75.3 cm³/mol. The number of hydrogen-bond acceptors (Lipinski definition) is 3. The van der Waals surface area contributed by atoms with Gasteiger partial charge in [-0.3, -0.25) is 0 Å². The van der Waals surface area contributed by atoms with Crippen molar-refractivity contribution in [3.63, 3.8) is 0 Å². The van der Waals surface area contributed by atoms with E-state index >= 15 is 0 Å². The fourth-order valence-corrected chi connectivity index (χ4v) is 1.80. The maximum atomic E-state index is 5.78. The van der Waals surface area contributed by atoms with E-state index in [4.69, 9.17) is 9.47 Å². The molecule has 1 unspecified atom stereocenters. The van der Waals surface area contributed by atoms with Gasteiger partial charge in [-0.05, 0) is 50.9 Å². The molecule has 1 rings (SSSR count). The Hall–Kier alpha value is -1.06. The molecule has 0 aromatic heterocycles. The molecule has 0 radical (unpaired) electrons. The number of nitrogens with one attached hydrogen (secondary N) is 1. The summed E-state index contributed by atoms with van der Waals surface area (Å²) in [6.07, 6.45) is 2.08. The summed E-state index contributed by atoms with van der Waals surface area (Å²) in [6, 6.07) is 6.75. The highest BCUT2D eigenvalue weighted by Gasteiger charge is 2.05. The Kier molecular flexibility index (Phi) is 6.76. The molecule has 102 valence electrons. The number of unbranched alkanes of at least 4 members (excludes halogenated alkanes) is 1. The lowest BCUT2D eigenvalue weighted by Crippen LogP contribution is -2.12. The summed E-state index contributed by atoms with van der Waals surface area (Å²) in [6.45, 7) is 5.81. The Labute approximate surface area is 110 Å². The van der Waals surface area contributed by atoms with Crippen molar-refractivity contribution < 1.29 is 9.47 Å². The van der Waals surface area contributed by atoms with Crippen LogP contribution in [0.25, 0.3) is 0 Å². The van der Waals surface area contributed by atoms with Crippen molar-refractivity contribution in [3.05, 3.63) is 29.3 Å². The summed E-state index contributed by atoms with van der Waals surface area (Å²) in [5.41, 5.74) is 2.49. The summed E-state index contributed by atoms with van der Waals surface area (Å²) in [5, 5.41) is 3.24. The smallest absolute Gasteiger partial charge is 0.122 e. The molecular formula is C15H25NO2. The molecule has 0 amide bonds. The van der Waals surface area contributed by atoms with Crippen LogP contribution in [-0.4, -0.2) is 27.4 Å². The Bertz CT molecular complexity index is 352. The number of ether oxygens (including phenoxy) is 2. The van der Waals surface area contributed by atoms with Gasteiger partial charge in [-0.1, -0.05) is 12.1 Å². The van der Waals surface area contributed by atoms with E-state index in [1.165, 1.54) is 11.1 Å². The van der Waals surface area contributed by atoms with Crippen LogP contribution in [0.1, 0.15) is 36.9 Å². The number of methoxy groups -OCH3 is 1. The minimum Gasteiger partial charge on any atom is -0.493 e. The average Bonchev–Trinajstić information content (AvgIpc) is 2.39. The summed E-state index contributed by atoms with van der Waals surface area (Å²) < 4.78 is 10.8. The van der Waals surface area contributed by atoms with Crippen molar-refractivity contribution in [2.24, 2.45) is 0 Å². The second-order valence-corrected chi connectivity index (χ2v) is 4.58. The minimum absolute atomic E-state index is 0.374. The molecule has 3 nitrogen and oxygen atoms in total. The van der Waals surface area contributed by atoms with Gasteiger partial charge in [0, 0.05) is 19.8 Å². The van der Waals surface area contributed by atoms with Gasteiger partial charge in [0.15, 0.2) is 0 Å². The van der Waals surface area contributed by atoms with Crippen LogP contribution in [-0.2, 0) is 4.74 Å². The highest BCUT2D eigenvalue weighted by molar-refractivity contribution is 5.37. The minimum atomic E-state index is 0.374. The lowest BCUT2D eigenvalue weighted by Gasteiger charge is -2.14. The van der Waals surface area contributed by atoms with Crippen LogP contribution in [0.3, 0.4) is 0 Å². The van der Waals surface area contributed by atoms with E-state index in [0.717, 1.165) is 31.8 Å². The van der Waals surface area contributed by atoms with Crippen molar-refractivity contribution in [2.75, 3.05) is 27.4 Å². The summed E-state index contributed by atoms with van der Waals surface area (Å²) in [7, 11) is 3.70. The van der Waals surface area contributed by atoms with Gasteiger partial charge in [0.25, 0.3) is 0 Å². The highest BCUT2D eigenvalue weighted by Crippen LogP contribution is 2.22. The standard InChI is InChI=1S/C15H25NO2/c1-12-11-14(13(2)16-3)7-8-15(12)18-10-6-5-9-17-4/h7-8,11,13,16H,5-6,9-10H2,1-4H3. The second kappa shape index (κ2) is 8.11. The molecule has 0 bridgehead atoms. The summed E-state index contributed by atoms with van der Waals surface area (Å²) >= 11 is 0. The number of benzene rings is 1. The van der Waals surface area contributed by atoms with Crippen LogP contribution in [0.5, 0.6) is 5.75 Å². The monoisotopic (exact) mass is 251 g/mol. The summed E-state index contributed by atoms with van der Waals surface area (Å²) in [4.78, 5) is 0. The molecule has 0 fully saturated rings. The first-order valence-corrected chi connectivity index (χ1v) is 6.58. The average molecular weight is 251 g/mol. The van der Waals surface area contributed by atoms with Gasteiger partial charge in [-0.25, -0.2) is 0 Å². The zero-order chi connectivity index (χ0) is 13.4. The van der Waals surface area contributed by atoms with E-state index in [9.17, 15) is 0 Å². The van der Waals surface area contributed by atoms with Crippen LogP contribution in [0, 0.1) is 6.92 Å². The molecular weight excluding hydrogens is 226 g/mol. The molecule has 1 aromatic rings. The van der Waals surface area contributed by atoms with Crippen molar-refractivity contribution in [1.29, 1.82) is 0 Å². The maximum Gasteiger partial charge on any atom is 0.122 e. The quantitative estimate of drug-likeness (QED) is 0.720. The van der Waals surface area contributed by atoms with Gasteiger partial charge < -0.3 is 14.8 Å². The molecule has 0 saturated heterocycles. The van der Waals surface area contributed by atoms with Crippen molar-refractivity contribution >= 4 is 0 Å². The van der Waals surface area contributed by atoms with Crippen molar-refractivity contribution in [1.82, 2.24) is 5.32 Å². The van der Waals surface area contributed by atoms with Crippen LogP contribution in [0.15, 0.2) is 18.2 Å². The molecule has 0 aliphatic carbocycles. The second-order valence-electron chi connectivity index (χ2n) is 4.58. The first kappa shape index (κ1) is 15.0. The van der Waals surface area contributed by atoms with E-state index in [-0.39, 0.29) is 0 Å². The van der Waals surface area contributed by atoms with Gasteiger partial charge in [0.1, 0.15) is 5.75 Å². The van der Waals surface area contributed by atoms with E-state index in [2.05, 4.69) is 37.4 Å². The molecule has 1 aromatic carbocycles. The lowest BCUT2D eigenvalue weighted by atomic mass is 10.1. The van der Waals surface area contributed by atoms with Crippen LogP contribution in [0.2, 0.25) is 0 Å². The van der Waals surface area contributed by atoms with Gasteiger partial charge in [0.2, 0.25) is 0 Å². The van der Waals surface area contributed by atoms with Gasteiger partial charge in [-0.2, -0.15) is 0 Å². The van der Waals surface area contributed by atoms with E-state index < -0.39 is 0 Å². The Morgan fingerprint density at radius 2 is 1.94 bits per heavy atom. The fraction of sp³-hybridized carbons (Fsp3) is 0.600. The Morgan fingerprint density at radius 3 is 2.56 bits per heavy atom. The third-order valence-electron chi connectivity index (χ3n) is 3.13. The fourth-order valence-electron chi connectivity index (χ4n) is 1.80. The van der Waals surface area contributed by atoms with E-state index in [0.29, 0.717) is 6.04 Å². The third-order valence-corrected chi connectivity index (χ3v) is 3.13. The van der Waals surface area contributed by atoms with Crippen molar-refractivity contribution in [2.45, 2.75) is 32.7 Å². The molecule has 0 heterocycles. The third kappa shape index (κ3) is 4.67. The maximum absolute atomic E-state index is 5.78. The molecule has 0 aliphatic heterocycles. The predicted octanol–water partition coefficient (Wildman–Crippen LogP) is 3.08. The van der Waals surface area contributed by atoms with Gasteiger partial charge in [0.05, 0.1) is 6.61 Å². The molecule has 18 heavy (non-hydrogen) atoms. The SMILES string of the molecule is CNC(C)c1ccc(OCCCCOC)c(C)c1. The van der Waals surface area contributed by atoms with Gasteiger partial charge in [-0.15, -0.1) is 0 Å². The topological polar surface area (TPSA) is 30.5 Å². The van der Waals surface area contributed by atoms with E-state index in [1.54, 1.807) is 7.11 Å². The number of hydrogen-bond donors (Lipinski definition) is 1. The Morgan fingerprint density at radius 1 is 1.22 bits per heavy atom. The molecule has 0 saturated carbocycles. The van der Waals surface area contributed by atoms with Crippen LogP contribution < -0.4 is 10.1 Å². The van der Waals surface area contributed by atoms with Crippen LogP contribution in [0.4, 0.5) is 0 Å². The van der Waals surface area contributed by atoms with Gasteiger partial charge >= 0.3 is 0 Å². The zero-order valence-corrected chi connectivity index (χ0v) is 12.0. The van der Waals surface area contributed by atoms with E-state index in [1.807, 2.05) is 7.05 Å². The first-order valence-electron chi connectivity index (χ1n) is 6.58. The first-order chi connectivity index (χ1) is 8.69. The lowest BCUT2D eigenvalue weighted by molar-refractivity contribution is 0.184. The molecule has 0 spiro atoms. The number of rotatable bonds is 8. The van der Waals surface area contributed by atoms with Crippen molar-refractivity contribution in [3.8, 4) is 5.75 Å². The normalized spacial score (nSPS) is 12.4. The molecule has 3 heteroatoms. The largest absolute Gasteiger partial charge is 0.493 e.